The number of nitrogens with one attached hydrogen (secondary N) is 1. The molecule has 1 saturated carbocycles. The van der Waals surface area contributed by atoms with E-state index in [1.807, 2.05) is 11.1 Å². The lowest BCUT2D eigenvalue weighted by Gasteiger charge is -2.37. The fourth-order valence-corrected chi connectivity index (χ4v) is 5.57. The van der Waals surface area contributed by atoms with Crippen molar-refractivity contribution in [1.82, 2.24) is 15.2 Å². The number of benzene rings is 1. The van der Waals surface area contributed by atoms with Crippen molar-refractivity contribution in [2.24, 2.45) is 5.92 Å². The van der Waals surface area contributed by atoms with Gasteiger partial charge in [0.2, 0.25) is 5.91 Å². The summed E-state index contributed by atoms with van der Waals surface area (Å²) in [5.41, 5.74) is 7.10. The van der Waals surface area contributed by atoms with E-state index in [9.17, 15) is 9.18 Å². The molecule has 2 aromatic rings. The van der Waals surface area contributed by atoms with Crippen LogP contribution in [0.25, 0.3) is 11.6 Å². The zero-order chi connectivity index (χ0) is 22.4. The summed E-state index contributed by atoms with van der Waals surface area (Å²) in [4.78, 5) is 21.5. The Morgan fingerprint density at radius 1 is 1.03 bits per heavy atom. The highest BCUT2D eigenvalue weighted by molar-refractivity contribution is 5.92. The van der Waals surface area contributed by atoms with Gasteiger partial charge in [-0.05, 0) is 54.6 Å². The van der Waals surface area contributed by atoms with Crippen LogP contribution in [-0.4, -0.2) is 61.2 Å². The number of carbonyl (C=O) groups excluding carboxylic acids is 1. The highest BCUT2D eigenvalue weighted by Gasteiger charge is 2.35. The number of piperidine rings is 1. The van der Waals surface area contributed by atoms with Gasteiger partial charge in [0.15, 0.2) is 0 Å². The van der Waals surface area contributed by atoms with Gasteiger partial charge < -0.3 is 15.1 Å². The molecule has 1 amide bonds. The number of allylic oxidation sites excluding steroid dienone is 1. The summed E-state index contributed by atoms with van der Waals surface area (Å²) < 4.78 is 14.3. The van der Waals surface area contributed by atoms with E-state index in [1.54, 1.807) is 0 Å². The Balaban J connectivity index is 1.18. The average Bonchev–Trinajstić information content (AvgIpc) is 3.62. The van der Waals surface area contributed by atoms with E-state index < -0.39 is 6.17 Å². The van der Waals surface area contributed by atoms with Crippen LogP contribution < -0.4 is 10.2 Å². The first-order valence-electron chi connectivity index (χ1n) is 12.3. The van der Waals surface area contributed by atoms with Gasteiger partial charge in [0.05, 0.1) is 5.69 Å². The highest BCUT2D eigenvalue weighted by Crippen LogP contribution is 2.38. The number of anilines is 1. The van der Waals surface area contributed by atoms with Gasteiger partial charge in [0.1, 0.15) is 6.17 Å². The maximum absolute atomic E-state index is 14.3. The quantitative estimate of drug-likeness (QED) is 0.779. The summed E-state index contributed by atoms with van der Waals surface area (Å²) in [5.74, 6) is 0.641. The lowest BCUT2D eigenvalue weighted by molar-refractivity contribution is -0.132. The van der Waals surface area contributed by atoms with Gasteiger partial charge in [-0.1, -0.05) is 24.3 Å². The molecular formula is C27H31FN4O. The Morgan fingerprint density at radius 3 is 2.55 bits per heavy atom. The molecule has 0 radical (unpaired) electrons. The number of alkyl halides is 1. The fourth-order valence-electron chi connectivity index (χ4n) is 5.57. The number of halogens is 1. The largest absolute Gasteiger partial charge is 0.367 e. The van der Waals surface area contributed by atoms with E-state index in [1.165, 1.54) is 22.4 Å². The molecule has 1 N–H and O–H groups in total. The second kappa shape index (κ2) is 8.56. The van der Waals surface area contributed by atoms with Crippen LogP contribution >= 0.6 is 0 Å². The van der Waals surface area contributed by atoms with Gasteiger partial charge in [-0.3, -0.25) is 9.78 Å². The van der Waals surface area contributed by atoms with Crippen molar-refractivity contribution in [2.75, 3.05) is 44.2 Å². The summed E-state index contributed by atoms with van der Waals surface area (Å²) >= 11 is 0. The Kier molecular flexibility index (Phi) is 5.41. The summed E-state index contributed by atoms with van der Waals surface area (Å²) in [7, 11) is 0. The van der Waals surface area contributed by atoms with Crippen molar-refractivity contribution >= 4 is 23.2 Å². The van der Waals surface area contributed by atoms with Crippen molar-refractivity contribution in [3.05, 3.63) is 58.9 Å². The molecule has 4 aliphatic rings. The van der Waals surface area contributed by atoms with Crippen LogP contribution in [0.3, 0.4) is 0 Å². The van der Waals surface area contributed by atoms with Gasteiger partial charge in [0, 0.05) is 68.4 Å². The van der Waals surface area contributed by atoms with Crippen molar-refractivity contribution in [3.63, 3.8) is 0 Å². The Hall–Kier alpha value is -2.73. The van der Waals surface area contributed by atoms with Crippen LogP contribution in [0.1, 0.15) is 47.6 Å². The van der Waals surface area contributed by atoms with Crippen molar-refractivity contribution in [3.8, 4) is 0 Å². The molecule has 2 atom stereocenters. The fraction of sp³-hybridized carbons (Fsp3) is 0.481. The number of aromatic nitrogens is 1. The number of hydrogen-bond donors (Lipinski definition) is 1. The molecule has 3 fully saturated rings. The van der Waals surface area contributed by atoms with Crippen LogP contribution in [0.2, 0.25) is 0 Å². The first-order chi connectivity index (χ1) is 16.2. The Labute approximate surface area is 194 Å². The molecule has 6 heteroatoms. The number of carbonyl (C=O) groups is 1. The maximum atomic E-state index is 14.3. The zero-order valence-corrected chi connectivity index (χ0v) is 19.0. The topological polar surface area (TPSA) is 48.5 Å². The van der Waals surface area contributed by atoms with Crippen molar-refractivity contribution in [2.45, 2.75) is 37.8 Å². The van der Waals surface area contributed by atoms with E-state index in [0.717, 1.165) is 69.7 Å². The molecule has 2 unspecified atom stereocenters. The van der Waals surface area contributed by atoms with Crippen LogP contribution in [0, 0.1) is 5.92 Å². The predicted octanol–water partition coefficient (Wildman–Crippen LogP) is 3.65. The normalized spacial score (nSPS) is 25.1. The predicted molar refractivity (Wildman–Crippen MR) is 129 cm³/mol. The second-order valence-corrected chi connectivity index (χ2v) is 9.86. The third-order valence-corrected chi connectivity index (χ3v) is 7.70. The molecule has 2 aliphatic heterocycles. The average molecular weight is 447 g/mol. The first kappa shape index (κ1) is 20.8. The lowest BCUT2D eigenvalue weighted by atomic mass is 9.88. The smallest absolute Gasteiger partial charge is 0.225 e. The number of rotatable bonds is 4. The molecule has 2 aliphatic carbocycles. The van der Waals surface area contributed by atoms with Crippen LogP contribution in [0.15, 0.2) is 36.5 Å². The number of hydrogen-bond acceptors (Lipinski definition) is 4. The van der Waals surface area contributed by atoms with E-state index in [0.29, 0.717) is 18.4 Å². The molecule has 2 saturated heterocycles. The minimum Gasteiger partial charge on any atom is -0.367 e. The first-order valence-corrected chi connectivity index (χ1v) is 12.3. The minimum atomic E-state index is -0.814. The van der Waals surface area contributed by atoms with Crippen molar-refractivity contribution in [1.29, 1.82) is 0 Å². The summed E-state index contributed by atoms with van der Waals surface area (Å²) in [6, 6.07) is 10.6. The van der Waals surface area contributed by atoms with Gasteiger partial charge >= 0.3 is 0 Å². The van der Waals surface area contributed by atoms with Crippen LogP contribution in [-0.2, 0) is 11.2 Å². The molecule has 1 aromatic heterocycles. The van der Waals surface area contributed by atoms with Crippen molar-refractivity contribution < 1.29 is 9.18 Å². The van der Waals surface area contributed by atoms with Crippen LogP contribution in [0.5, 0.6) is 0 Å². The summed E-state index contributed by atoms with van der Waals surface area (Å²) in [6.07, 6.45) is 7.18. The summed E-state index contributed by atoms with van der Waals surface area (Å²) in [5, 5.41) is 3.13. The molecule has 33 heavy (non-hydrogen) atoms. The highest BCUT2D eigenvalue weighted by atomic mass is 19.1. The van der Waals surface area contributed by atoms with E-state index >= 15 is 0 Å². The Morgan fingerprint density at radius 2 is 1.82 bits per heavy atom. The van der Waals surface area contributed by atoms with E-state index in [-0.39, 0.29) is 5.92 Å². The third-order valence-electron chi connectivity index (χ3n) is 7.70. The number of fused-ring (bicyclic) bond motifs is 1. The van der Waals surface area contributed by atoms with Gasteiger partial charge in [0.25, 0.3) is 0 Å². The molecular weight excluding hydrogens is 415 g/mol. The van der Waals surface area contributed by atoms with E-state index in [2.05, 4.69) is 51.6 Å². The van der Waals surface area contributed by atoms with Gasteiger partial charge in [-0.2, -0.15) is 0 Å². The zero-order valence-electron chi connectivity index (χ0n) is 19.0. The minimum absolute atomic E-state index is 0.00575. The Bertz CT molecular complexity index is 1070. The second-order valence-electron chi connectivity index (χ2n) is 9.86. The van der Waals surface area contributed by atoms with Gasteiger partial charge in [-0.25, -0.2) is 4.39 Å². The number of nitrogens with zero attached hydrogens (tertiary/aromatic N) is 3. The van der Waals surface area contributed by atoms with Gasteiger partial charge in [-0.15, -0.1) is 0 Å². The molecule has 3 heterocycles. The van der Waals surface area contributed by atoms with Crippen LogP contribution in [0.4, 0.5) is 10.1 Å². The molecule has 5 nitrogen and oxygen atoms in total. The molecule has 6 rings (SSSR count). The maximum Gasteiger partial charge on any atom is 0.225 e. The standard InChI is InChI=1S/C27H31FN4O/c28-24-17-29-9-7-22(24)19-3-1-18(2-4-19)21-15-23-25(16-21)30-10-8-26(23)31-11-13-32(14-12-31)27(33)20-5-6-20/h1-4,8,10,15,20,22,24,29H,5-7,9,11-14,16-17H2. The SMILES string of the molecule is O=C(C1CC1)N1CCN(c2ccnc3c2C=C(c2ccc(C4CCNCC4F)cc2)C3)CC1. The number of pyridine rings is 1. The lowest BCUT2D eigenvalue weighted by Crippen LogP contribution is -2.49. The molecule has 172 valence electrons. The number of amides is 1. The monoisotopic (exact) mass is 446 g/mol. The van der Waals surface area contributed by atoms with E-state index in [4.69, 9.17) is 0 Å². The number of piperazine rings is 1. The molecule has 1 aromatic carbocycles. The third kappa shape index (κ3) is 4.05. The molecule has 0 spiro atoms. The molecule has 0 bridgehead atoms. The summed E-state index contributed by atoms with van der Waals surface area (Å²) in [6.45, 7) is 4.67.